The van der Waals surface area contributed by atoms with Gasteiger partial charge in [0, 0.05) is 16.6 Å². The van der Waals surface area contributed by atoms with Crippen molar-refractivity contribution in [1.82, 2.24) is 5.32 Å². The number of amides is 1. The summed E-state index contributed by atoms with van der Waals surface area (Å²) in [4.78, 5) is 12.7. The molecular weight excluding hydrogens is 556 g/mol. The lowest BCUT2D eigenvalue weighted by atomic mass is 10.1. The van der Waals surface area contributed by atoms with Crippen LogP contribution in [-0.2, 0) is 24.6 Å². The maximum absolute atomic E-state index is 12.7. The van der Waals surface area contributed by atoms with Crippen LogP contribution in [0, 0.1) is 11.3 Å². The van der Waals surface area contributed by atoms with Gasteiger partial charge in [-0.15, -0.1) is 0 Å². The highest BCUT2D eigenvalue weighted by Crippen LogP contribution is 2.31. The second kappa shape index (κ2) is 13.8. The topological polar surface area (TPSA) is 80.6 Å². The molecule has 1 N–H and O–H groups in total. The van der Waals surface area contributed by atoms with E-state index in [2.05, 4.69) is 21.2 Å². The van der Waals surface area contributed by atoms with Gasteiger partial charge in [0.2, 0.25) is 0 Å². The second-order valence-corrected chi connectivity index (χ2v) is 9.48. The molecule has 39 heavy (non-hydrogen) atoms. The maximum atomic E-state index is 12.7. The summed E-state index contributed by atoms with van der Waals surface area (Å²) in [5, 5.41) is 12.5. The summed E-state index contributed by atoms with van der Waals surface area (Å²) in [6.45, 7) is 1.01. The zero-order valence-corrected chi connectivity index (χ0v) is 23.0. The minimum absolute atomic E-state index is 0.0181. The molecule has 0 atom stereocenters. The molecule has 4 rings (SSSR count). The zero-order chi connectivity index (χ0) is 27.5. The van der Waals surface area contributed by atoms with Crippen LogP contribution in [0.25, 0.3) is 6.08 Å². The molecular formula is C32H27BrN2O4. The van der Waals surface area contributed by atoms with Gasteiger partial charge >= 0.3 is 0 Å². The van der Waals surface area contributed by atoms with Crippen molar-refractivity contribution < 1.29 is 19.0 Å². The Balaban J connectivity index is 1.45. The van der Waals surface area contributed by atoms with Gasteiger partial charge < -0.3 is 19.5 Å². The van der Waals surface area contributed by atoms with Crippen molar-refractivity contribution in [2.45, 2.75) is 19.8 Å². The lowest BCUT2D eigenvalue weighted by molar-refractivity contribution is -0.117. The van der Waals surface area contributed by atoms with Gasteiger partial charge in [-0.05, 0) is 53.1 Å². The van der Waals surface area contributed by atoms with Gasteiger partial charge in [0.05, 0.1) is 7.11 Å². The van der Waals surface area contributed by atoms with Crippen molar-refractivity contribution in [2.75, 3.05) is 7.11 Å². The van der Waals surface area contributed by atoms with E-state index in [1.165, 1.54) is 6.08 Å². The Bertz CT molecular complexity index is 1480. The number of rotatable bonds is 11. The van der Waals surface area contributed by atoms with E-state index < -0.39 is 5.91 Å². The third kappa shape index (κ3) is 7.97. The van der Waals surface area contributed by atoms with Crippen molar-refractivity contribution in [1.29, 1.82) is 5.26 Å². The number of halogens is 1. The molecule has 0 bridgehead atoms. The monoisotopic (exact) mass is 582 g/mol. The Hall–Kier alpha value is -4.54. The molecule has 0 aliphatic carbocycles. The molecule has 0 heterocycles. The van der Waals surface area contributed by atoms with Crippen LogP contribution in [0.1, 0.15) is 22.3 Å². The van der Waals surface area contributed by atoms with E-state index in [1.807, 2.05) is 91.0 Å². The van der Waals surface area contributed by atoms with Crippen LogP contribution in [-0.4, -0.2) is 13.0 Å². The Labute approximate surface area is 236 Å². The molecule has 0 aromatic heterocycles. The molecule has 196 valence electrons. The predicted octanol–water partition coefficient (Wildman–Crippen LogP) is 6.84. The number of carbonyl (C=O) groups is 1. The van der Waals surface area contributed by atoms with Crippen molar-refractivity contribution in [2.24, 2.45) is 0 Å². The molecule has 0 saturated carbocycles. The average Bonchev–Trinajstić information content (AvgIpc) is 2.98. The molecule has 0 fully saturated rings. The smallest absolute Gasteiger partial charge is 0.262 e. The van der Waals surface area contributed by atoms with Gasteiger partial charge in [-0.1, -0.05) is 82.7 Å². The zero-order valence-electron chi connectivity index (χ0n) is 21.4. The minimum atomic E-state index is -0.455. The Morgan fingerprint density at radius 1 is 0.821 bits per heavy atom. The van der Waals surface area contributed by atoms with Gasteiger partial charge in [0.25, 0.3) is 5.91 Å². The number of hydrogen-bond donors (Lipinski definition) is 1. The third-order valence-electron chi connectivity index (χ3n) is 5.79. The standard InChI is InChI=1S/C32H27BrN2O4/c1-37-31-16-25(12-14-30(31)39-21-24-10-6-3-7-11-24)22-38-29-15-13-28(33)18-26(29)17-27(19-34)32(36)35-20-23-8-4-2-5-9-23/h2-18H,20-22H2,1H3,(H,35,36)/b27-17+. The summed E-state index contributed by atoms with van der Waals surface area (Å²) in [5.74, 6) is 1.32. The fourth-order valence-corrected chi connectivity index (χ4v) is 4.14. The number of nitrogens with one attached hydrogen (secondary N) is 1. The Morgan fingerprint density at radius 3 is 2.15 bits per heavy atom. The molecule has 4 aromatic rings. The Kier molecular flexibility index (Phi) is 9.76. The average molecular weight is 583 g/mol. The summed E-state index contributed by atoms with van der Waals surface area (Å²) in [6.07, 6.45) is 1.53. The molecule has 0 aliphatic heterocycles. The van der Waals surface area contributed by atoms with Crippen LogP contribution in [0.4, 0.5) is 0 Å². The van der Waals surface area contributed by atoms with E-state index in [-0.39, 0.29) is 12.2 Å². The van der Waals surface area contributed by atoms with Crippen LogP contribution in [0.15, 0.2) is 107 Å². The fourth-order valence-electron chi connectivity index (χ4n) is 3.76. The first kappa shape index (κ1) is 27.5. The summed E-state index contributed by atoms with van der Waals surface area (Å²) in [7, 11) is 1.60. The van der Waals surface area contributed by atoms with E-state index >= 15 is 0 Å². The van der Waals surface area contributed by atoms with Crippen LogP contribution in [0.2, 0.25) is 0 Å². The van der Waals surface area contributed by atoms with Gasteiger partial charge in [-0.3, -0.25) is 4.79 Å². The van der Waals surface area contributed by atoms with Gasteiger partial charge in [-0.25, -0.2) is 0 Å². The van der Waals surface area contributed by atoms with Crippen LogP contribution in [0.5, 0.6) is 17.2 Å². The van der Waals surface area contributed by atoms with Crippen molar-refractivity contribution in [3.63, 3.8) is 0 Å². The SMILES string of the molecule is COc1cc(COc2ccc(Br)cc2/C=C(\C#N)C(=O)NCc2ccccc2)ccc1OCc1ccccc1. The molecule has 0 radical (unpaired) electrons. The molecule has 6 nitrogen and oxygen atoms in total. The third-order valence-corrected chi connectivity index (χ3v) is 6.29. The number of ether oxygens (including phenoxy) is 3. The van der Waals surface area contributed by atoms with Crippen LogP contribution in [0.3, 0.4) is 0 Å². The highest BCUT2D eigenvalue weighted by Gasteiger charge is 2.13. The van der Waals surface area contributed by atoms with Crippen LogP contribution >= 0.6 is 15.9 Å². The van der Waals surface area contributed by atoms with Gasteiger partial charge in [-0.2, -0.15) is 5.26 Å². The van der Waals surface area contributed by atoms with E-state index in [4.69, 9.17) is 14.2 Å². The van der Waals surface area contributed by atoms with Crippen molar-refractivity contribution in [3.05, 3.63) is 129 Å². The lowest BCUT2D eigenvalue weighted by Gasteiger charge is -2.14. The summed E-state index contributed by atoms with van der Waals surface area (Å²) < 4.78 is 18.4. The summed E-state index contributed by atoms with van der Waals surface area (Å²) >= 11 is 3.46. The van der Waals surface area contributed by atoms with Crippen LogP contribution < -0.4 is 19.5 Å². The molecule has 7 heteroatoms. The second-order valence-electron chi connectivity index (χ2n) is 8.57. The summed E-state index contributed by atoms with van der Waals surface area (Å²) in [5.41, 5.74) is 3.47. The normalized spacial score (nSPS) is 10.8. The molecule has 1 amide bonds. The highest BCUT2D eigenvalue weighted by molar-refractivity contribution is 9.10. The maximum Gasteiger partial charge on any atom is 0.262 e. The summed E-state index contributed by atoms with van der Waals surface area (Å²) in [6, 6.07) is 32.5. The number of nitrogens with zero attached hydrogens (tertiary/aromatic N) is 1. The number of hydrogen-bond acceptors (Lipinski definition) is 5. The van der Waals surface area contributed by atoms with Gasteiger partial charge in [0.15, 0.2) is 11.5 Å². The molecule has 0 spiro atoms. The molecule has 0 saturated heterocycles. The lowest BCUT2D eigenvalue weighted by Crippen LogP contribution is -2.23. The molecule has 0 unspecified atom stereocenters. The first-order valence-electron chi connectivity index (χ1n) is 12.3. The highest BCUT2D eigenvalue weighted by atomic mass is 79.9. The van der Waals surface area contributed by atoms with E-state index in [9.17, 15) is 10.1 Å². The predicted molar refractivity (Wildman–Crippen MR) is 154 cm³/mol. The first-order valence-corrected chi connectivity index (χ1v) is 13.0. The van der Waals surface area contributed by atoms with Gasteiger partial charge in [0.1, 0.15) is 30.6 Å². The fraction of sp³-hybridized carbons (Fsp3) is 0.125. The molecule has 4 aromatic carbocycles. The number of nitriles is 1. The van der Waals surface area contributed by atoms with E-state index in [1.54, 1.807) is 19.2 Å². The Morgan fingerprint density at radius 2 is 1.46 bits per heavy atom. The quantitative estimate of drug-likeness (QED) is 0.155. The number of carbonyl (C=O) groups excluding carboxylic acids is 1. The van der Waals surface area contributed by atoms with Crippen molar-refractivity contribution in [3.8, 4) is 23.3 Å². The van der Waals surface area contributed by atoms with Crippen molar-refractivity contribution >= 4 is 27.9 Å². The number of benzene rings is 4. The largest absolute Gasteiger partial charge is 0.493 e. The van der Waals surface area contributed by atoms with E-state index in [0.717, 1.165) is 21.2 Å². The van der Waals surface area contributed by atoms with E-state index in [0.29, 0.717) is 36.0 Å². The molecule has 0 aliphatic rings. The first-order chi connectivity index (χ1) is 19.1. The minimum Gasteiger partial charge on any atom is -0.493 e. The number of methoxy groups -OCH3 is 1.